The monoisotopic (exact) mass is 290 g/mol. The molecule has 0 unspecified atom stereocenters. The molecule has 0 atom stereocenters. The fraction of sp³-hybridized carbons (Fsp3) is 0.438. The number of benzene rings is 1. The van der Waals surface area contributed by atoms with Crippen LogP contribution in [0.1, 0.15) is 24.6 Å². The highest BCUT2D eigenvalue weighted by atomic mass is 32.1. The van der Waals surface area contributed by atoms with Crippen molar-refractivity contribution in [3.05, 3.63) is 40.9 Å². The zero-order valence-electron chi connectivity index (χ0n) is 12.2. The highest BCUT2D eigenvalue weighted by Crippen LogP contribution is 2.24. The van der Waals surface area contributed by atoms with Crippen molar-refractivity contribution in [3.63, 3.8) is 0 Å². The third-order valence-corrected chi connectivity index (χ3v) is 4.26. The molecule has 0 fully saturated rings. The summed E-state index contributed by atoms with van der Waals surface area (Å²) in [7, 11) is 0. The molecule has 2 aromatic rings. The maximum atomic E-state index is 8.91. The summed E-state index contributed by atoms with van der Waals surface area (Å²) in [5.41, 5.74) is 3.57. The molecule has 20 heavy (non-hydrogen) atoms. The van der Waals surface area contributed by atoms with Gasteiger partial charge in [0, 0.05) is 30.6 Å². The number of hydrogen-bond acceptors (Lipinski definition) is 4. The minimum Gasteiger partial charge on any atom is -0.396 e. The van der Waals surface area contributed by atoms with Crippen molar-refractivity contribution in [2.24, 2.45) is 0 Å². The average Bonchev–Trinajstić information content (AvgIpc) is 2.92. The van der Waals surface area contributed by atoms with Crippen LogP contribution in [0.4, 0.5) is 0 Å². The van der Waals surface area contributed by atoms with Gasteiger partial charge >= 0.3 is 0 Å². The van der Waals surface area contributed by atoms with Gasteiger partial charge in [-0.05, 0) is 19.9 Å². The molecular weight excluding hydrogens is 268 g/mol. The van der Waals surface area contributed by atoms with Gasteiger partial charge in [-0.3, -0.25) is 4.90 Å². The molecule has 0 saturated carbocycles. The first-order valence-electron chi connectivity index (χ1n) is 7.07. The zero-order valence-corrected chi connectivity index (χ0v) is 13.0. The first kappa shape index (κ1) is 15.2. The van der Waals surface area contributed by atoms with Crippen LogP contribution in [0.2, 0.25) is 0 Å². The van der Waals surface area contributed by atoms with Crippen LogP contribution in [0.15, 0.2) is 29.6 Å². The lowest BCUT2D eigenvalue weighted by Gasteiger charge is -2.18. The summed E-state index contributed by atoms with van der Waals surface area (Å²) < 4.78 is 0. The van der Waals surface area contributed by atoms with Crippen molar-refractivity contribution in [3.8, 4) is 10.6 Å². The summed E-state index contributed by atoms with van der Waals surface area (Å²) in [6.45, 7) is 7.25. The average molecular weight is 290 g/mol. The Morgan fingerprint density at radius 1 is 1.25 bits per heavy atom. The van der Waals surface area contributed by atoms with Crippen LogP contribution >= 0.6 is 11.3 Å². The maximum absolute atomic E-state index is 8.91. The number of aliphatic hydroxyl groups is 1. The van der Waals surface area contributed by atoms with Crippen LogP contribution in [-0.4, -0.2) is 34.7 Å². The molecule has 0 aliphatic heterocycles. The molecular formula is C16H22N2OS. The smallest absolute Gasteiger partial charge is 0.123 e. The van der Waals surface area contributed by atoms with E-state index in [-0.39, 0.29) is 6.61 Å². The van der Waals surface area contributed by atoms with Crippen molar-refractivity contribution in [1.29, 1.82) is 0 Å². The molecule has 1 aromatic carbocycles. The Bertz CT molecular complexity index is 522. The maximum Gasteiger partial charge on any atom is 0.123 e. The van der Waals surface area contributed by atoms with Gasteiger partial charge in [0.05, 0.1) is 5.69 Å². The molecule has 0 amide bonds. The van der Waals surface area contributed by atoms with Crippen molar-refractivity contribution >= 4 is 11.3 Å². The molecule has 0 bridgehead atoms. The van der Waals surface area contributed by atoms with Crippen molar-refractivity contribution in [1.82, 2.24) is 9.88 Å². The van der Waals surface area contributed by atoms with Crippen molar-refractivity contribution < 1.29 is 5.11 Å². The fourth-order valence-corrected chi connectivity index (χ4v) is 2.90. The first-order chi connectivity index (χ1) is 9.72. The van der Waals surface area contributed by atoms with E-state index in [1.165, 1.54) is 11.1 Å². The third-order valence-electron chi connectivity index (χ3n) is 3.32. The van der Waals surface area contributed by atoms with E-state index >= 15 is 0 Å². The summed E-state index contributed by atoms with van der Waals surface area (Å²) in [5.74, 6) is 0. The van der Waals surface area contributed by atoms with E-state index in [0.717, 1.165) is 36.8 Å². The summed E-state index contributed by atoms with van der Waals surface area (Å²) in [4.78, 5) is 7.03. The summed E-state index contributed by atoms with van der Waals surface area (Å²) >= 11 is 1.70. The van der Waals surface area contributed by atoms with E-state index in [0.29, 0.717) is 0 Å². The second-order valence-electron chi connectivity index (χ2n) is 4.96. The minimum absolute atomic E-state index is 0.252. The number of aromatic nitrogens is 1. The Kier molecular flexibility index (Phi) is 5.71. The Hall–Kier alpha value is -1.23. The van der Waals surface area contributed by atoms with E-state index in [4.69, 9.17) is 10.1 Å². The molecule has 0 radical (unpaired) electrons. The van der Waals surface area contributed by atoms with E-state index < -0.39 is 0 Å². The molecule has 4 heteroatoms. The predicted octanol–water partition coefficient (Wildman–Crippen LogP) is 3.32. The van der Waals surface area contributed by atoms with Crippen LogP contribution in [-0.2, 0) is 6.54 Å². The van der Waals surface area contributed by atoms with Crippen LogP contribution < -0.4 is 0 Å². The number of thiazole rings is 1. The van der Waals surface area contributed by atoms with E-state index in [1.54, 1.807) is 11.3 Å². The van der Waals surface area contributed by atoms with E-state index in [1.807, 2.05) is 0 Å². The molecule has 2 rings (SSSR count). The summed E-state index contributed by atoms with van der Waals surface area (Å²) in [6.07, 6.45) is 0.822. The lowest BCUT2D eigenvalue weighted by molar-refractivity contribution is 0.224. The van der Waals surface area contributed by atoms with Crippen LogP contribution in [0.25, 0.3) is 10.6 Å². The predicted molar refractivity (Wildman–Crippen MR) is 84.9 cm³/mol. The van der Waals surface area contributed by atoms with Gasteiger partial charge in [0.15, 0.2) is 0 Å². The number of aryl methyl sites for hydroxylation is 1. The van der Waals surface area contributed by atoms with Gasteiger partial charge in [-0.15, -0.1) is 11.3 Å². The Labute approximate surface area is 124 Å². The van der Waals surface area contributed by atoms with Crippen LogP contribution in [0.3, 0.4) is 0 Å². The third kappa shape index (κ3) is 4.13. The second kappa shape index (κ2) is 7.53. The zero-order chi connectivity index (χ0) is 14.4. The number of nitrogens with zero attached hydrogens (tertiary/aromatic N) is 2. The van der Waals surface area contributed by atoms with Crippen LogP contribution in [0, 0.1) is 6.92 Å². The molecule has 108 valence electrons. The lowest BCUT2D eigenvalue weighted by atomic mass is 10.2. The minimum atomic E-state index is 0.252. The van der Waals surface area contributed by atoms with Gasteiger partial charge in [0.2, 0.25) is 0 Å². The SMILES string of the molecule is CCN(CCCO)Cc1csc(-c2ccc(C)cc2)n1. The molecule has 3 nitrogen and oxygen atoms in total. The van der Waals surface area contributed by atoms with Gasteiger partial charge < -0.3 is 5.11 Å². The molecule has 0 aliphatic carbocycles. The normalized spacial score (nSPS) is 11.2. The van der Waals surface area contributed by atoms with Crippen LogP contribution in [0.5, 0.6) is 0 Å². The first-order valence-corrected chi connectivity index (χ1v) is 7.95. The van der Waals surface area contributed by atoms with Gasteiger partial charge in [0.1, 0.15) is 5.01 Å². The highest BCUT2D eigenvalue weighted by molar-refractivity contribution is 7.13. The Balaban J connectivity index is 2.02. The van der Waals surface area contributed by atoms with Gasteiger partial charge in [-0.25, -0.2) is 4.98 Å². The highest BCUT2D eigenvalue weighted by Gasteiger charge is 2.08. The van der Waals surface area contributed by atoms with E-state index in [9.17, 15) is 0 Å². The second-order valence-corrected chi connectivity index (χ2v) is 5.81. The number of aliphatic hydroxyl groups excluding tert-OH is 1. The molecule has 1 heterocycles. The number of rotatable bonds is 7. The lowest BCUT2D eigenvalue weighted by Crippen LogP contribution is -2.24. The quantitative estimate of drug-likeness (QED) is 0.850. The number of hydrogen-bond donors (Lipinski definition) is 1. The van der Waals surface area contributed by atoms with E-state index in [2.05, 4.69) is 48.4 Å². The summed E-state index contributed by atoms with van der Waals surface area (Å²) in [6, 6.07) is 8.49. The van der Waals surface area contributed by atoms with Gasteiger partial charge in [-0.2, -0.15) is 0 Å². The van der Waals surface area contributed by atoms with Gasteiger partial charge in [-0.1, -0.05) is 36.8 Å². The molecule has 1 aromatic heterocycles. The topological polar surface area (TPSA) is 36.4 Å². The van der Waals surface area contributed by atoms with Crippen molar-refractivity contribution in [2.75, 3.05) is 19.7 Å². The Morgan fingerprint density at radius 3 is 2.65 bits per heavy atom. The summed E-state index contributed by atoms with van der Waals surface area (Å²) in [5, 5.41) is 12.1. The standard InChI is InChI=1S/C16H22N2OS/c1-3-18(9-4-10-19)11-15-12-20-16(17-15)14-7-5-13(2)6-8-14/h5-8,12,19H,3-4,9-11H2,1-2H3. The molecule has 0 aliphatic rings. The van der Waals surface area contributed by atoms with Gasteiger partial charge in [0.25, 0.3) is 0 Å². The fourth-order valence-electron chi connectivity index (χ4n) is 2.08. The molecule has 1 N–H and O–H groups in total. The molecule has 0 saturated heterocycles. The van der Waals surface area contributed by atoms with Crippen molar-refractivity contribution in [2.45, 2.75) is 26.8 Å². The molecule has 0 spiro atoms. The largest absolute Gasteiger partial charge is 0.396 e. The Morgan fingerprint density at radius 2 is 2.00 bits per heavy atom.